The molecule has 0 amide bonds. The molecule has 148 valence electrons. The van der Waals surface area contributed by atoms with Gasteiger partial charge in [0, 0.05) is 31.7 Å². The average molecular weight is 409 g/mol. The van der Waals surface area contributed by atoms with Gasteiger partial charge in [0.05, 0.1) is 17.0 Å². The molecule has 0 N–H and O–H groups in total. The van der Waals surface area contributed by atoms with Crippen LogP contribution >= 0.6 is 0 Å². The van der Waals surface area contributed by atoms with Crippen molar-refractivity contribution in [1.82, 2.24) is 19.4 Å². The van der Waals surface area contributed by atoms with E-state index in [4.69, 9.17) is 4.42 Å². The Hall–Kier alpha value is -3.06. The van der Waals surface area contributed by atoms with Crippen molar-refractivity contribution in [3.8, 4) is 17.5 Å². The summed E-state index contributed by atoms with van der Waals surface area (Å²) in [5, 5.41) is 17.4. The van der Waals surface area contributed by atoms with Gasteiger partial charge in [-0.05, 0) is 24.3 Å². The molecule has 29 heavy (non-hydrogen) atoms. The number of hydrogen-bond acceptors (Lipinski definition) is 7. The van der Waals surface area contributed by atoms with Crippen molar-refractivity contribution >= 4 is 10.0 Å². The molecule has 0 atom stereocenters. The molecule has 0 aliphatic carbocycles. The van der Waals surface area contributed by atoms with Crippen LogP contribution in [-0.4, -0.2) is 54.0 Å². The Balaban J connectivity index is 1.40. The van der Waals surface area contributed by atoms with E-state index < -0.39 is 10.0 Å². The largest absolute Gasteiger partial charge is 0.419 e. The van der Waals surface area contributed by atoms with Crippen molar-refractivity contribution in [2.75, 3.05) is 26.2 Å². The molecule has 2 aromatic carbocycles. The minimum Gasteiger partial charge on any atom is -0.419 e. The minimum absolute atomic E-state index is 0.0559. The summed E-state index contributed by atoms with van der Waals surface area (Å²) >= 11 is 0. The lowest BCUT2D eigenvalue weighted by Crippen LogP contribution is -2.48. The van der Waals surface area contributed by atoms with Gasteiger partial charge < -0.3 is 4.42 Å². The number of rotatable bonds is 5. The second-order valence-corrected chi connectivity index (χ2v) is 8.56. The van der Waals surface area contributed by atoms with Gasteiger partial charge in [-0.3, -0.25) is 4.90 Å². The Morgan fingerprint density at radius 1 is 0.966 bits per heavy atom. The first kappa shape index (κ1) is 19.3. The van der Waals surface area contributed by atoms with E-state index in [9.17, 15) is 13.7 Å². The van der Waals surface area contributed by atoms with Crippen molar-refractivity contribution in [3.63, 3.8) is 0 Å². The van der Waals surface area contributed by atoms with Crippen LogP contribution in [0.3, 0.4) is 0 Å². The number of hydrogen-bond donors (Lipinski definition) is 0. The first-order chi connectivity index (χ1) is 14.1. The molecule has 0 saturated carbocycles. The Morgan fingerprint density at radius 2 is 1.66 bits per heavy atom. The van der Waals surface area contributed by atoms with Crippen molar-refractivity contribution < 1.29 is 12.8 Å². The molecule has 9 heteroatoms. The second-order valence-electron chi connectivity index (χ2n) is 6.66. The molecule has 8 nitrogen and oxygen atoms in total. The van der Waals surface area contributed by atoms with Crippen molar-refractivity contribution in [2.45, 2.75) is 11.4 Å². The van der Waals surface area contributed by atoms with Crippen molar-refractivity contribution in [3.05, 3.63) is 66.1 Å². The summed E-state index contributed by atoms with van der Waals surface area (Å²) in [6.45, 7) is 2.21. The van der Waals surface area contributed by atoms with E-state index in [-0.39, 0.29) is 10.5 Å². The molecule has 0 spiro atoms. The predicted octanol–water partition coefficient (Wildman–Crippen LogP) is 2.11. The Morgan fingerprint density at radius 3 is 2.38 bits per heavy atom. The first-order valence-electron chi connectivity index (χ1n) is 9.17. The highest BCUT2D eigenvalue weighted by Crippen LogP contribution is 2.22. The summed E-state index contributed by atoms with van der Waals surface area (Å²) in [6.07, 6.45) is 0. The monoisotopic (exact) mass is 409 g/mol. The molecule has 1 saturated heterocycles. The molecule has 1 aliphatic rings. The lowest BCUT2D eigenvalue weighted by Gasteiger charge is -2.33. The highest BCUT2D eigenvalue weighted by Gasteiger charge is 2.30. The lowest BCUT2D eigenvalue weighted by atomic mass is 10.2. The first-order valence-corrected chi connectivity index (χ1v) is 10.6. The van der Waals surface area contributed by atoms with Crippen LogP contribution in [0.1, 0.15) is 11.5 Å². The van der Waals surface area contributed by atoms with E-state index in [1.165, 1.54) is 16.4 Å². The summed E-state index contributed by atoms with van der Waals surface area (Å²) in [7, 11) is -3.70. The van der Waals surface area contributed by atoms with E-state index in [2.05, 4.69) is 15.1 Å². The molecule has 0 bridgehead atoms. The maximum atomic E-state index is 12.9. The molecule has 0 unspecified atom stereocenters. The van der Waals surface area contributed by atoms with Crippen molar-refractivity contribution in [2.24, 2.45) is 0 Å². The molecule has 4 rings (SSSR count). The number of piperazine rings is 1. The third kappa shape index (κ3) is 4.05. The summed E-state index contributed by atoms with van der Waals surface area (Å²) < 4.78 is 33.0. The second kappa shape index (κ2) is 8.13. The SMILES string of the molecule is N#Cc1ccccc1S(=O)(=O)N1CCN(Cc2nnc(-c3ccccc3)o2)CC1. The van der Waals surface area contributed by atoms with Gasteiger partial charge in [-0.15, -0.1) is 10.2 Å². The van der Waals surface area contributed by atoms with Crippen LogP contribution in [-0.2, 0) is 16.6 Å². The van der Waals surface area contributed by atoms with E-state index in [1.54, 1.807) is 12.1 Å². The molecular formula is C20H19N5O3S. The standard InChI is InChI=1S/C20H19N5O3S/c21-14-17-8-4-5-9-18(17)29(26,27)25-12-10-24(11-13-25)15-19-22-23-20(28-19)16-6-2-1-3-7-16/h1-9H,10-13,15H2. The molecule has 3 aromatic rings. The van der Waals surface area contributed by atoms with Crippen LogP contribution in [0.5, 0.6) is 0 Å². The zero-order valence-corrected chi connectivity index (χ0v) is 16.4. The fourth-order valence-corrected chi connectivity index (χ4v) is 4.82. The maximum Gasteiger partial charge on any atom is 0.247 e. The van der Waals surface area contributed by atoms with Gasteiger partial charge in [-0.1, -0.05) is 30.3 Å². The normalized spacial score (nSPS) is 15.8. The number of nitrogens with zero attached hydrogens (tertiary/aromatic N) is 5. The van der Waals surface area contributed by atoms with Gasteiger partial charge in [-0.2, -0.15) is 9.57 Å². The van der Waals surface area contributed by atoms with E-state index >= 15 is 0 Å². The Bertz CT molecular complexity index is 1130. The highest BCUT2D eigenvalue weighted by atomic mass is 32.2. The van der Waals surface area contributed by atoms with Crippen LogP contribution in [0.25, 0.3) is 11.5 Å². The van der Waals surface area contributed by atoms with Crippen LogP contribution < -0.4 is 0 Å². The zero-order valence-electron chi connectivity index (χ0n) is 15.6. The van der Waals surface area contributed by atoms with Crippen LogP contribution in [0, 0.1) is 11.3 Å². The molecular weight excluding hydrogens is 390 g/mol. The summed E-state index contributed by atoms with van der Waals surface area (Å²) in [4.78, 5) is 2.13. The van der Waals surface area contributed by atoms with Gasteiger partial charge in [0.1, 0.15) is 6.07 Å². The third-order valence-corrected chi connectivity index (χ3v) is 6.76. The number of benzene rings is 2. The van der Waals surface area contributed by atoms with Gasteiger partial charge in [0.2, 0.25) is 21.8 Å². The van der Waals surface area contributed by atoms with E-state index in [0.29, 0.717) is 44.5 Å². The highest BCUT2D eigenvalue weighted by molar-refractivity contribution is 7.89. The fourth-order valence-electron chi connectivity index (χ4n) is 3.26. The smallest absolute Gasteiger partial charge is 0.247 e. The Labute approximate surface area is 169 Å². The van der Waals surface area contributed by atoms with Crippen molar-refractivity contribution in [1.29, 1.82) is 5.26 Å². The van der Waals surface area contributed by atoms with Crippen LogP contribution in [0.4, 0.5) is 0 Å². The van der Waals surface area contributed by atoms with Crippen LogP contribution in [0.2, 0.25) is 0 Å². The van der Waals surface area contributed by atoms with Gasteiger partial charge in [0.15, 0.2) is 0 Å². The molecule has 0 radical (unpaired) electrons. The van der Waals surface area contributed by atoms with Crippen LogP contribution in [0.15, 0.2) is 63.9 Å². The van der Waals surface area contributed by atoms with Gasteiger partial charge in [-0.25, -0.2) is 8.42 Å². The molecule has 2 heterocycles. The lowest BCUT2D eigenvalue weighted by molar-refractivity contribution is 0.168. The quantitative estimate of drug-likeness (QED) is 0.636. The number of sulfonamides is 1. The number of nitriles is 1. The summed E-state index contributed by atoms with van der Waals surface area (Å²) in [5.74, 6) is 0.963. The average Bonchev–Trinajstić information content (AvgIpc) is 3.23. The zero-order chi connectivity index (χ0) is 20.3. The van der Waals surface area contributed by atoms with E-state index in [0.717, 1.165) is 5.56 Å². The molecule has 1 fully saturated rings. The predicted molar refractivity (Wildman–Crippen MR) is 105 cm³/mol. The maximum absolute atomic E-state index is 12.9. The summed E-state index contributed by atoms with van der Waals surface area (Å²) in [6, 6.07) is 17.8. The minimum atomic E-state index is -3.70. The fraction of sp³-hybridized carbons (Fsp3) is 0.250. The topological polar surface area (TPSA) is 103 Å². The van der Waals surface area contributed by atoms with Gasteiger partial charge in [0.25, 0.3) is 0 Å². The molecule has 1 aromatic heterocycles. The third-order valence-electron chi connectivity index (χ3n) is 4.80. The van der Waals surface area contributed by atoms with Gasteiger partial charge >= 0.3 is 0 Å². The van der Waals surface area contributed by atoms with E-state index in [1.807, 2.05) is 36.4 Å². The Kier molecular flexibility index (Phi) is 5.40. The molecule has 1 aliphatic heterocycles. The number of aromatic nitrogens is 2. The summed E-state index contributed by atoms with van der Waals surface area (Å²) in [5.41, 5.74) is 1.02.